The second-order valence-corrected chi connectivity index (χ2v) is 6.72. The van der Waals surface area contributed by atoms with Crippen molar-refractivity contribution >= 4 is 29.1 Å². The lowest BCUT2D eigenvalue weighted by molar-refractivity contribution is -0.136. The number of rotatable bonds is 5. The number of unbranched alkanes of at least 4 members (excludes halogenated alkanes) is 1. The lowest BCUT2D eigenvalue weighted by Crippen LogP contribution is -2.55. The highest BCUT2D eigenvalue weighted by Gasteiger charge is 2.41. The van der Waals surface area contributed by atoms with E-state index in [0.717, 1.165) is 12.8 Å². The van der Waals surface area contributed by atoms with Crippen molar-refractivity contribution in [3.05, 3.63) is 23.2 Å². The summed E-state index contributed by atoms with van der Waals surface area (Å²) in [7, 11) is 1.76. The molecule has 0 fully saturated rings. The molecule has 2 amide bonds. The molecule has 0 bridgehead atoms. The number of hydrogen-bond acceptors (Lipinski definition) is 3. The van der Waals surface area contributed by atoms with Crippen LogP contribution >= 0.6 is 11.6 Å². The molecular weight excluding hydrogens is 316 g/mol. The zero-order chi connectivity index (χ0) is 17.2. The molecule has 1 aliphatic heterocycles. The molecule has 2 rings (SSSR count). The van der Waals surface area contributed by atoms with Gasteiger partial charge in [-0.2, -0.15) is 0 Å². The third kappa shape index (κ3) is 3.78. The van der Waals surface area contributed by atoms with Crippen LogP contribution in [0, 0.1) is 0 Å². The summed E-state index contributed by atoms with van der Waals surface area (Å²) in [5.41, 5.74) is -0.470. The predicted octanol–water partition coefficient (Wildman–Crippen LogP) is 3.10. The maximum absolute atomic E-state index is 12.7. The van der Waals surface area contributed by atoms with Gasteiger partial charge in [-0.3, -0.25) is 14.5 Å². The molecule has 0 aliphatic carbocycles. The molecule has 1 aromatic rings. The molecule has 1 heterocycles. The molecule has 0 N–H and O–H groups in total. The van der Waals surface area contributed by atoms with Crippen LogP contribution in [0.25, 0.3) is 0 Å². The first-order valence-electron chi connectivity index (χ1n) is 7.80. The summed E-state index contributed by atoms with van der Waals surface area (Å²) in [6, 6.07) is 5.09. The van der Waals surface area contributed by atoms with Crippen LogP contribution in [0.15, 0.2) is 18.2 Å². The maximum atomic E-state index is 12.7. The summed E-state index contributed by atoms with van der Waals surface area (Å²) in [6.07, 6.45) is 1.95. The van der Waals surface area contributed by atoms with Gasteiger partial charge in [0.05, 0.1) is 5.69 Å². The lowest BCUT2D eigenvalue weighted by Gasteiger charge is -2.39. The minimum Gasteiger partial charge on any atom is -0.476 e. The normalized spacial score (nSPS) is 15.9. The molecule has 0 unspecified atom stereocenters. The first-order valence-corrected chi connectivity index (χ1v) is 8.18. The highest BCUT2D eigenvalue weighted by molar-refractivity contribution is 6.31. The number of amides is 2. The zero-order valence-corrected chi connectivity index (χ0v) is 14.8. The van der Waals surface area contributed by atoms with Crippen LogP contribution in [0.3, 0.4) is 0 Å². The number of halogens is 1. The quantitative estimate of drug-likeness (QED) is 0.829. The summed E-state index contributed by atoms with van der Waals surface area (Å²) in [4.78, 5) is 28.2. The van der Waals surface area contributed by atoms with Gasteiger partial charge in [0.25, 0.3) is 5.91 Å². The first-order chi connectivity index (χ1) is 10.8. The molecule has 0 radical (unpaired) electrons. The third-order valence-electron chi connectivity index (χ3n) is 3.90. The van der Waals surface area contributed by atoms with E-state index < -0.39 is 5.60 Å². The van der Waals surface area contributed by atoms with Gasteiger partial charge in [0, 0.05) is 18.6 Å². The Hall–Kier alpha value is -1.75. The van der Waals surface area contributed by atoms with Crippen LogP contribution in [-0.4, -0.2) is 42.5 Å². The van der Waals surface area contributed by atoms with Gasteiger partial charge in [-0.25, -0.2) is 0 Å². The molecule has 0 saturated carbocycles. The van der Waals surface area contributed by atoms with Crippen LogP contribution in [0.4, 0.5) is 5.69 Å². The van der Waals surface area contributed by atoms with Crippen molar-refractivity contribution in [3.8, 4) is 5.75 Å². The van der Waals surface area contributed by atoms with Crippen molar-refractivity contribution < 1.29 is 14.3 Å². The second-order valence-electron chi connectivity index (χ2n) is 6.28. The van der Waals surface area contributed by atoms with Crippen molar-refractivity contribution in [2.45, 2.75) is 39.2 Å². The highest BCUT2D eigenvalue weighted by atomic mass is 35.5. The topological polar surface area (TPSA) is 49.9 Å². The van der Waals surface area contributed by atoms with Crippen LogP contribution in [0.2, 0.25) is 5.02 Å². The number of carbonyl (C=O) groups is 2. The number of hydrogen-bond donors (Lipinski definition) is 0. The number of likely N-dealkylation sites (N-methyl/N-ethyl adjacent to an activating group) is 1. The molecular formula is C17H23ClN2O3. The summed E-state index contributed by atoms with van der Waals surface area (Å²) in [5, 5.41) is 0.497. The smallest absolute Gasteiger partial charge is 0.271 e. The van der Waals surface area contributed by atoms with Crippen LogP contribution in [0.5, 0.6) is 5.75 Å². The van der Waals surface area contributed by atoms with Crippen molar-refractivity contribution in [1.29, 1.82) is 0 Å². The first kappa shape index (κ1) is 17.6. The molecule has 5 nitrogen and oxygen atoms in total. The van der Waals surface area contributed by atoms with E-state index in [1.807, 2.05) is 0 Å². The van der Waals surface area contributed by atoms with E-state index in [1.54, 1.807) is 44.0 Å². The zero-order valence-electron chi connectivity index (χ0n) is 14.1. The summed E-state index contributed by atoms with van der Waals surface area (Å²) in [6.45, 7) is 6.14. The third-order valence-corrected chi connectivity index (χ3v) is 4.14. The average Bonchev–Trinajstić information content (AvgIpc) is 2.49. The van der Waals surface area contributed by atoms with E-state index in [1.165, 1.54) is 4.90 Å². The van der Waals surface area contributed by atoms with Crippen molar-refractivity contribution in [1.82, 2.24) is 4.90 Å². The molecule has 0 spiro atoms. The molecule has 23 heavy (non-hydrogen) atoms. The Morgan fingerprint density at radius 1 is 1.39 bits per heavy atom. The van der Waals surface area contributed by atoms with Crippen LogP contribution < -0.4 is 9.64 Å². The Morgan fingerprint density at radius 2 is 2.09 bits per heavy atom. The minimum absolute atomic E-state index is 0.0147. The van der Waals surface area contributed by atoms with Gasteiger partial charge in [0.15, 0.2) is 5.60 Å². The van der Waals surface area contributed by atoms with E-state index in [-0.39, 0.29) is 18.4 Å². The number of anilines is 1. The molecule has 1 aromatic carbocycles. The highest BCUT2D eigenvalue weighted by Crippen LogP contribution is 2.39. The number of benzene rings is 1. The van der Waals surface area contributed by atoms with Crippen molar-refractivity contribution in [2.75, 3.05) is 25.0 Å². The average molecular weight is 339 g/mol. The second kappa shape index (κ2) is 6.79. The Morgan fingerprint density at radius 3 is 2.74 bits per heavy atom. The number of ether oxygens (including phenoxy) is 1. The summed E-state index contributed by atoms with van der Waals surface area (Å²) < 4.78 is 5.75. The van der Waals surface area contributed by atoms with Crippen molar-refractivity contribution in [3.63, 3.8) is 0 Å². The fourth-order valence-corrected chi connectivity index (χ4v) is 2.64. The fourth-order valence-electron chi connectivity index (χ4n) is 2.47. The van der Waals surface area contributed by atoms with Gasteiger partial charge in [-0.1, -0.05) is 24.9 Å². The Kier molecular flexibility index (Phi) is 5.19. The minimum atomic E-state index is -1.01. The van der Waals surface area contributed by atoms with Crippen molar-refractivity contribution in [2.24, 2.45) is 0 Å². The number of fused-ring (bicyclic) bond motifs is 1. The Bertz CT molecular complexity index is 616. The number of nitrogens with zero attached hydrogens (tertiary/aromatic N) is 2. The van der Waals surface area contributed by atoms with E-state index in [2.05, 4.69) is 6.92 Å². The lowest BCUT2D eigenvalue weighted by atomic mass is 10.0. The predicted molar refractivity (Wildman–Crippen MR) is 91.1 cm³/mol. The van der Waals surface area contributed by atoms with Crippen LogP contribution in [-0.2, 0) is 9.59 Å². The summed E-state index contributed by atoms with van der Waals surface area (Å²) in [5.74, 6) is 0.211. The molecule has 126 valence electrons. The van der Waals surface area contributed by atoms with Gasteiger partial charge in [-0.05, 0) is 38.5 Å². The fraction of sp³-hybridized carbons (Fsp3) is 0.529. The Labute approximate surface area is 142 Å². The molecule has 0 atom stereocenters. The molecule has 0 saturated heterocycles. The van der Waals surface area contributed by atoms with E-state index in [9.17, 15) is 9.59 Å². The van der Waals surface area contributed by atoms with Gasteiger partial charge in [0.2, 0.25) is 5.91 Å². The largest absolute Gasteiger partial charge is 0.476 e. The number of carbonyl (C=O) groups excluding carboxylic acids is 2. The van der Waals surface area contributed by atoms with E-state index in [4.69, 9.17) is 16.3 Å². The molecule has 0 aromatic heterocycles. The van der Waals surface area contributed by atoms with Gasteiger partial charge < -0.3 is 9.64 Å². The Balaban J connectivity index is 2.27. The molecule has 6 heteroatoms. The maximum Gasteiger partial charge on any atom is 0.271 e. The van der Waals surface area contributed by atoms with E-state index in [0.29, 0.717) is 23.0 Å². The van der Waals surface area contributed by atoms with E-state index >= 15 is 0 Å². The monoisotopic (exact) mass is 338 g/mol. The van der Waals surface area contributed by atoms with Gasteiger partial charge in [-0.15, -0.1) is 0 Å². The molecule has 1 aliphatic rings. The van der Waals surface area contributed by atoms with Gasteiger partial charge >= 0.3 is 0 Å². The SMILES string of the molecule is CCCCN(C)C(=O)CN1C(=O)C(C)(C)Oc2ccc(Cl)cc21. The van der Waals surface area contributed by atoms with Crippen LogP contribution in [0.1, 0.15) is 33.6 Å². The van der Waals surface area contributed by atoms with Gasteiger partial charge in [0.1, 0.15) is 12.3 Å². The summed E-state index contributed by atoms with van der Waals surface area (Å²) >= 11 is 6.04. The standard InChI is InChI=1S/C17H23ClN2O3/c1-5-6-9-19(4)15(21)11-20-13-10-12(18)7-8-14(13)23-17(2,3)16(20)22/h7-8,10H,5-6,9,11H2,1-4H3.